The number of rotatable bonds is 1. The van der Waals surface area contributed by atoms with Gasteiger partial charge in [-0.2, -0.15) is 5.26 Å². The van der Waals surface area contributed by atoms with Crippen LogP contribution in [0, 0.1) is 20.3 Å². The number of nitrogens with zero attached hydrogens (tertiary/aromatic N) is 1. The van der Waals surface area contributed by atoms with Gasteiger partial charge in [-0.3, -0.25) is 5.41 Å². The van der Waals surface area contributed by atoms with E-state index in [1.165, 1.54) is 0 Å². The number of halogens is 1. The van der Waals surface area contributed by atoms with Gasteiger partial charge in [-0.15, -0.1) is 0 Å². The summed E-state index contributed by atoms with van der Waals surface area (Å²) in [6, 6.07) is 9.74. The van der Waals surface area contributed by atoms with E-state index in [0.29, 0.717) is 16.1 Å². The number of allylic oxidation sites excluding steroid dienone is 1. The van der Waals surface area contributed by atoms with E-state index in [2.05, 4.69) is 39.8 Å². The van der Waals surface area contributed by atoms with Crippen LogP contribution in [0.5, 0.6) is 0 Å². The summed E-state index contributed by atoms with van der Waals surface area (Å²) in [7, 11) is 0. The van der Waals surface area contributed by atoms with Crippen molar-refractivity contribution in [3.63, 3.8) is 0 Å². The lowest BCUT2D eigenvalue weighted by Gasteiger charge is -2.27. The molecule has 1 unspecified atom stereocenters. The molecule has 6 heteroatoms. The third-order valence-corrected chi connectivity index (χ3v) is 4.14. The van der Waals surface area contributed by atoms with Gasteiger partial charge in [-0.25, -0.2) is 0 Å². The maximum atomic E-state index is 9.31. The Morgan fingerprint density at radius 3 is 2.68 bits per heavy atom. The number of nitrogens with one attached hydrogen (secondary N) is 2. The molecule has 1 aliphatic rings. The zero-order valence-electron chi connectivity index (χ0n) is 9.70. The summed E-state index contributed by atoms with van der Waals surface area (Å²) in [5.74, 6) is 2.15. The third-order valence-electron chi connectivity index (χ3n) is 2.83. The van der Waals surface area contributed by atoms with Gasteiger partial charge in [0.25, 0.3) is 0 Å². The molecule has 1 aromatic carbocycles. The van der Waals surface area contributed by atoms with E-state index in [0.717, 1.165) is 9.13 Å². The molecule has 1 aliphatic heterocycles. The average Bonchev–Trinajstić information content (AvgIpc) is 2.38. The van der Waals surface area contributed by atoms with Crippen molar-refractivity contribution < 1.29 is 0 Å². The SMILES string of the molecule is N#CC1=C(N)NC(=S)C(=C=N)C1c1ccccc1I. The highest BCUT2D eigenvalue weighted by Gasteiger charge is 2.32. The minimum Gasteiger partial charge on any atom is -0.384 e. The molecule has 0 aromatic heterocycles. The van der Waals surface area contributed by atoms with E-state index in [-0.39, 0.29) is 5.82 Å². The minimum absolute atomic E-state index is 0.246. The summed E-state index contributed by atoms with van der Waals surface area (Å²) in [5.41, 5.74) is 7.56. The molecule has 0 saturated carbocycles. The zero-order chi connectivity index (χ0) is 14.0. The predicted molar refractivity (Wildman–Crippen MR) is 85.7 cm³/mol. The fourth-order valence-electron chi connectivity index (χ4n) is 1.96. The Morgan fingerprint density at radius 1 is 1.42 bits per heavy atom. The highest BCUT2D eigenvalue weighted by atomic mass is 127. The van der Waals surface area contributed by atoms with Crippen molar-refractivity contribution in [2.75, 3.05) is 0 Å². The molecule has 2 rings (SSSR count). The first-order valence-corrected chi connectivity index (χ1v) is 6.84. The maximum absolute atomic E-state index is 9.31. The smallest absolute Gasteiger partial charge is 0.118 e. The van der Waals surface area contributed by atoms with Gasteiger partial charge in [0.1, 0.15) is 10.8 Å². The van der Waals surface area contributed by atoms with Crippen molar-refractivity contribution in [2.45, 2.75) is 5.92 Å². The van der Waals surface area contributed by atoms with Crippen LogP contribution >= 0.6 is 34.8 Å². The molecule has 4 N–H and O–H groups in total. The van der Waals surface area contributed by atoms with Crippen LogP contribution < -0.4 is 11.1 Å². The second-order valence-electron chi connectivity index (χ2n) is 3.89. The summed E-state index contributed by atoms with van der Waals surface area (Å²) in [6.07, 6.45) is 0. The number of hydrogen-bond acceptors (Lipinski definition) is 4. The standard InChI is InChI=1S/C13H9IN4S/c14-10-4-2-1-3-7(10)11-8(5-15)12(17)18-13(19)9(11)6-16/h1-4,11,16H,17H2,(H,18,19). The first-order chi connectivity index (χ1) is 9.10. The lowest BCUT2D eigenvalue weighted by molar-refractivity contribution is 0.892. The highest BCUT2D eigenvalue weighted by molar-refractivity contribution is 14.1. The van der Waals surface area contributed by atoms with Crippen LogP contribution in [0.1, 0.15) is 11.5 Å². The van der Waals surface area contributed by atoms with Crippen LogP contribution in [-0.2, 0) is 0 Å². The summed E-state index contributed by atoms with van der Waals surface area (Å²) in [5, 5.41) is 19.5. The Balaban J connectivity index is 2.72. The molecule has 19 heavy (non-hydrogen) atoms. The normalized spacial score (nSPS) is 18.6. The van der Waals surface area contributed by atoms with Crippen molar-refractivity contribution in [1.82, 2.24) is 5.32 Å². The molecule has 94 valence electrons. The molecule has 0 bridgehead atoms. The number of nitriles is 1. The van der Waals surface area contributed by atoms with E-state index < -0.39 is 5.92 Å². The molecule has 0 saturated heterocycles. The molecular weight excluding hydrogens is 371 g/mol. The van der Waals surface area contributed by atoms with Gasteiger partial charge in [0.05, 0.1) is 23.1 Å². The molecule has 1 atom stereocenters. The van der Waals surface area contributed by atoms with Crippen LogP contribution in [0.3, 0.4) is 0 Å². The van der Waals surface area contributed by atoms with Crippen LogP contribution in [0.4, 0.5) is 0 Å². The lowest BCUT2D eigenvalue weighted by atomic mass is 9.83. The van der Waals surface area contributed by atoms with Gasteiger partial charge < -0.3 is 11.1 Å². The van der Waals surface area contributed by atoms with Crippen LogP contribution in [0.15, 0.2) is 41.2 Å². The molecule has 0 aliphatic carbocycles. The predicted octanol–water partition coefficient (Wildman–Crippen LogP) is 2.17. The summed E-state index contributed by atoms with van der Waals surface area (Å²) >= 11 is 7.36. The van der Waals surface area contributed by atoms with E-state index in [1.807, 2.05) is 24.3 Å². The molecular formula is C13H9IN4S. The Kier molecular flexibility index (Phi) is 4.00. The largest absolute Gasteiger partial charge is 0.384 e. The number of thiocarbonyl (C=S) groups is 1. The van der Waals surface area contributed by atoms with Gasteiger partial charge in [0, 0.05) is 3.57 Å². The fourth-order valence-corrected chi connectivity index (χ4v) is 2.94. The quantitative estimate of drug-likeness (QED) is 0.302. The van der Waals surface area contributed by atoms with Crippen LogP contribution in [-0.4, -0.2) is 10.9 Å². The van der Waals surface area contributed by atoms with Crippen molar-refractivity contribution in [3.05, 3.63) is 50.4 Å². The molecule has 1 aromatic rings. The van der Waals surface area contributed by atoms with Crippen molar-refractivity contribution in [1.29, 1.82) is 10.7 Å². The third kappa shape index (κ3) is 2.40. The van der Waals surface area contributed by atoms with E-state index in [1.54, 1.807) is 0 Å². The molecule has 4 nitrogen and oxygen atoms in total. The van der Waals surface area contributed by atoms with Gasteiger partial charge in [0.15, 0.2) is 0 Å². The van der Waals surface area contributed by atoms with Gasteiger partial charge in [0.2, 0.25) is 0 Å². The summed E-state index contributed by atoms with van der Waals surface area (Å²) in [6.45, 7) is 0. The zero-order valence-corrected chi connectivity index (χ0v) is 12.7. The number of benzene rings is 1. The topological polar surface area (TPSA) is 85.7 Å². The molecule has 0 fully saturated rings. The lowest BCUT2D eigenvalue weighted by Crippen LogP contribution is -2.37. The summed E-state index contributed by atoms with van der Waals surface area (Å²) < 4.78 is 0.989. The monoisotopic (exact) mass is 380 g/mol. The fraction of sp³-hybridized carbons (Fsp3) is 0.0769. The van der Waals surface area contributed by atoms with Crippen LogP contribution in [0.2, 0.25) is 0 Å². The van der Waals surface area contributed by atoms with Crippen molar-refractivity contribution in [2.24, 2.45) is 5.73 Å². The maximum Gasteiger partial charge on any atom is 0.118 e. The van der Waals surface area contributed by atoms with E-state index in [9.17, 15) is 5.26 Å². The van der Waals surface area contributed by atoms with Crippen molar-refractivity contribution >= 4 is 45.7 Å². The molecule has 0 spiro atoms. The highest BCUT2D eigenvalue weighted by Crippen LogP contribution is 2.36. The summed E-state index contributed by atoms with van der Waals surface area (Å²) in [4.78, 5) is 0.344. The van der Waals surface area contributed by atoms with E-state index >= 15 is 0 Å². The molecule has 0 amide bonds. The van der Waals surface area contributed by atoms with Gasteiger partial charge >= 0.3 is 0 Å². The Labute approximate surface area is 129 Å². The second kappa shape index (κ2) is 5.53. The average molecular weight is 380 g/mol. The molecule has 0 radical (unpaired) electrons. The van der Waals surface area contributed by atoms with Crippen molar-refractivity contribution in [3.8, 4) is 6.07 Å². The minimum atomic E-state index is -0.427. The Bertz CT molecular complexity index is 680. The first kappa shape index (κ1) is 13.7. The second-order valence-corrected chi connectivity index (χ2v) is 5.46. The van der Waals surface area contributed by atoms with Gasteiger partial charge in [-0.05, 0) is 40.1 Å². The number of hydrogen-bond donors (Lipinski definition) is 3. The van der Waals surface area contributed by atoms with Gasteiger partial charge in [-0.1, -0.05) is 30.4 Å². The Hall–Kier alpha value is -1.68. The van der Waals surface area contributed by atoms with E-state index in [4.69, 9.17) is 23.4 Å². The number of nitrogens with two attached hydrogens (primary N) is 1. The Morgan fingerprint density at radius 2 is 2.11 bits per heavy atom. The van der Waals surface area contributed by atoms with Crippen LogP contribution in [0.25, 0.3) is 0 Å². The molecule has 1 heterocycles. The first-order valence-electron chi connectivity index (χ1n) is 5.35.